The van der Waals surface area contributed by atoms with E-state index in [2.05, 4.69) is 36.1 Å². The first-order chi connectivity index (χ1) is 10.9. The zero-order valence-corrected chi connectivity index (χ0v) is 15.2. The van der Waals surface area contributed by atoms with Crippen molar-refractivity contribution in [2.24, 2.45) is 0 Å². The number of hydrogen-bond donors (Lipinski definition) is 0. The number of nitrogens with zero attached hydrogens (tertiary/aromatic N) is 2. The van der Waals surface area contributed by atoms with Crippen LogP contribution in [0.2, 0.25) is 0 Å². The van der Waals surface area contributed by atoms with E-state index in [4.69, 9.17) is 0 Å². The number of piperazine rings is 1. The third kappa shape index (κ3) is 3.83. The largest absolute Gasteiger partial charge is 0.296 e. The quantitative estimate of drug-likeness (QED) is 0.851. The third-order valence-corrected chi connectivity index (χ3v) is 7.53. The highest BCUT2D eigenvalue weighted by atomic mass is 32.2. The Hall–Kier alpha value is -1.21. The number of rotatable bonds is 4. The smallest absolute Gasteiger partial charge is 0.252 e. The maximum atomic E-state index is 12.6. The summed E-state index contributed by atoms with van der Waals surface area (Å²) in [5.74, 6) is 0. The number of sulfonamides is 1. The number of benzene rings is 1. The van der Waals surface area contributed by atoms with Crippen LogP contribution in [0.3, 0.4) is 0 Å². The maximum absolute atomic E-state index is 12.6. The minimum atomic E-state index is -3.32. The highest BCUT2D eigenvalue weighted by Crippen LogP contribution is 2.25. The molecule has 4 nitrogen and oxygen atoms in total. The lowest BCUT2D eigenvalue weighted by atomic mass is 10.1. The summed E-state index contributed by atoms with van der Waals surface area (Å²) in [4.78, 5) is 3.35. The van der Waals surface area contributed by atoms with Crippen molar-refractivity contribution in [1.82, 2.24) is 9.21 Å². The molecule has 1 fully saturated rings. The number of hydrogen-bond acceptors (Lipinski definition) is 4. The lowest BCUT2D eigenvalue weighted by molar-refractivity contribution is 0.182. The SMILES string of the molecule is Cc1ccc(CN2CCN(S(=O)(=O)c3ccc(C)s3)CC2)cc1. The first-order valence-corrected chi connectivity index (χ1v) is 10.1. The van der Waals surface area contributed by atoms with Crippen LogP contribution >= 0.6 is 11.3 Å². The molecule has 6 heteroatoms. The van der Waals surface area contributed by atoms with Gasteiger partial charge >= 0.3 is 0 Å². The van der Waals surface area contributed by atoms with Crippen LogP contribution in [0.5, 0.6) is 0 Å². The Balaban J connectivity index is 1.61. The topological polar surface area (TPSA) is 40.6 Å². The van der Waals surface area contributed by atoms with E-state index in [1.54, 1.807) is 10.4 Å². The molecule has 0 saturated carbocycles. The van der Waals surface area contributed by atoms with E-state index in [1.165, 1.54) is 22.5 Å². The fourth-order valence-corrected chi connectivity index (χ4v) is 5.62. The summed E-state index contributed by atoms with van der Waals surface area (Å²) in [5.41, 5.74) is 2.54. The molecule has 2 heterocycles. The summed E-state index contributed by atoms with van der Waals surface area (Å²) < 4.78 is 27.3. The summed E-state index contributed by atoms with van der Waals surface area (Å²) >= 11 is 1.35. The Kier molecular flexibility index (Phi) is 4.87. The molecule has 2 aromatic rings. The van der Waals surface area contributed by atoms with Crippen molar-refractivity contribution in [2.75, 3.05) is 26.2 Å². The van der Waals surface area contributed by atoms with Gasteiger partial charge in [-0.25, -0.2) is 8.42 Å². The van der Waals surface area contributed by atoms with Gasteiger partial charge in [-0.1, -0.05) is 29.8 Å². The van der Waals surface area contributed by atoms with Gasteiger partial charge in [0.15, 0.2) is 0 Å². The normalized spacial score (nSPS) is 17.5. The van der Waals surface area contributed by atoms with Crippen LogP contribution in [0.4, 0.5) is 0 Å². The monoisotopic (exact) mass is 350 g/mol. The molecule has 1 saturated heterocycles. The minimum absolute atomic E-state index is 0.460. The van der Waals surface area contributed by atoms with Gasteiger partial charge in [0.2, 0.25) is 0 Å². The average molecular weight is 351 g/mol. The first-order valence-electron chi connectivity index (χ1n) is 7.80. The maximum Gasteiger partial charge on any atom is 0.252 e. The Morgan fingerprint density at radius 2 is 1.61 bits per heavy atom. The van der Waals surface area contributed by atoms with Gasteiger partial charge in [-0.15, -0.1) is 11.3 Å². The molecule has 124 valence electrons. The van der Waals surface area contributed by atoms with Gasteiger partial charge in [0.05, 0.1) is 0 Å². The molecule has 0 unspecified atom stereocenters. The molecule has 0 atom stereocenters. The van der Waals surface area contributed by atoms with Crippen LogP contribution < -0.4 is 0 Å². The zero-order valence-electron chi connectivity index (χ0n) is 13.5. The molecule has 1 aliphatic heterocycles. The summed E-state index contributed by atoms with van der Waals surface area (Å²) in [6.07, 6.45) is 0. The van der Waals surface area contributed by atoms with Crippen LogP contribution in [0.1, 0.15) is 16.0 Å². The Morgan fingerprint density at radius 3 is 2.17 bits per heavy atom. The molecule has 3 rings (SSSR count). The first kappa shape index (κ1) is 16.6. The van der Waals surface area contributed by atoms with E-state index in [1.807, 2.05) is 13.0 Å². The van der Waals surface area contributed by atoms with Crippen molar-refractivity contribution in [1.29, 1.82) is 0 Å². The fourth-order valence-electron chi connectivity index (χ4n) is 2.76. The van der Waals surface area contributed by atoms with E-state index in [0.717, 1.165) is 24.5 Å². The number of aryl methyl sites for hydroxylation is 2. The summed E-state index contributed by atoms with van der Waals surface area (Å²) in [6.45, 7) is 7.57. The molecule has 23 heavy (non-hydrogen) atoms. The van der Waals surface area contributed by atoms with Gasteiger partial charge in [0, 0.05) is 37.6 Å². The zero-order chi connectivity index (χ0) is 16.4. The Morgan fingerprint density at radius 1 is 0.957 bits per heavy atom. The molecule has 0 spiro atoms. The lowest BCUT2D eigenvalue weighted by Gasteiger charge is -2.33. The molecule has 0 radical (unpaired) electrons. The Labute approximate surface area is 142 Å². The molecular formula is C17H22N2O2S2. The third-order valence-electron chi connectivity index (χ3n) is 4.17. The molecular weight excluding hydrogens is 328 g/mol. The van der Waals surface area contributed by atoms with Gasteiger partial charge in [-0.2, -0.15) is 4.31 Å². The second-order valence-electron chi connectivity index (χ2n) is 6.03. The molecule has 1 aromatic carbocycles. The van der Waals surface area contributed by atoms with Crippen LogP contribution in [-0.4, -0.2) is 43.8 Å². The molecule has 0 amide bonds. The average Bonchev–Trinajstić information content (AvgIpc) is 2.98. The highest BCUT2D eigenvalue weighted by Gasteiger charge is 2.29. The van der Waals surface area contributed by atoms with Crippen LogP contribution in [-0.2, 0) is 16.6 Å². The van der Waals surface area contributed by atoms with E-state index in [0.29, 0.717) is 17.3 Å². The van der Waals surface area contributed by atoms with E-state index in [9.17, 15) is 8.42 Å². The van der Waals surface area contributed by atoms with Gasteiger partial charge < -0.3 is 0 Å². The van der Waals surface area contributed by atoms with Gasteiger partial charge in [0.25, 0.3) is 10.0 Å². The van der Waals surface area contributed by atoms with Crippen molar-refractivity contribution >= 4 is 21.4 Å². The van der Waals surface area contributed by atoms with Crippen LogP contribution in [0.25, 0.3) is 0 Å². The van der Waals surface area contributed by atoms with E-state index in [-0.39, 0.29) is 0 Å². The second kappa shape index (κ2) is 6.73. The molecule has 0 N–H and O–H groups in total. The summed E-state index contributed by atoms with van der Waals surface area (Å²) in [7, 11) is -3.32. The molecule has 1 aliphatic rings. The van der Waals surface area contributed by atoms with Gasteiger partial charge in [0.1, 0.15) is 4.21 Å². The standard InChI is InChI=1S/C17H22N2O2S2/c1-14-3-6-16(7-4-14)13-18-9-11-19(12-10-18)23(20,21)17-8-5-15(2)22-17/h3-8H,9-13H2,1-2H3. The molecule has 0 aliphatic carbocycles. The lowest BCUT2D eigenvalue weighted by Crippen LogP contribution is -2.48. The van der Waals surface area contributed by atoms with Crippen LogP contribution in [0, 0.1) is 13.8 Å². The van der Waals surface area contributed by atoms with E-state index >= 15 is 0 Å². The highest BCUT2D eigenvalue weighted by molar-refractivity contribution is 7.91. The van der Waals surface area contributed by atoms with E-state index < -0.39 is 10.0 Å². The van der Waals surface area contributed by atoms with Crippen molar-refractivity contribution in [3.63, 3.8) is 0 Å². The molecule has 0 bridgehead atoms. The summed E-state index contributed by atoms with van der Waals surface area (Å²) in [6, 6.07) is 12.1. The van der Waals surface area contributed by atoms with Gasteiger partial charge in [-0.05, 0) is 31.5 Å². The van der Waals surface area contributed by atoms with Crippen LogP contribution in [0.15, 0.2) is 40.6 Å². The molecule has 1 aromatic heterocycles. The second-order valence-corrected chi connectivity index (χ2v) is 9.48. The predicted octanol–water partition coefficient (Wildman–Crippen LogP) is 2.87. The Bertz CT molecular complexity index is 758. The minimum Gasteiger partial charge on any atom is -0.296 e. The number of thiophene rings is 1. The van der Waals surface area contributed by atoms with Crippen molar-refractivity contribution < 1.29 is 8.42 Å². The van der Waals surface area contributed by atoms with Crippen molar-refractivity contribution in [3.05, 3.63) is 52.4 Å². The van der Waals surface area contributed by atoms with Crippen molar-refractivity contribution in [2.45, 2.75) is 24.6 Å². The van der Waals surface area contributed by atoms with Gasteiger partial charge in [-0.3, -0.25) is 4.90 Å². The summed E-state index contributed by atoms with van der Waals surface area (Å²) in [5, 5.41) is 0. The van der Waals surface area contributed by atoms with Crippen molar-refractivity contribution in [3.8, 4) is 0 Å². The fraction of sp³-hybridized carbons (Fsp3) is 0.412. The predicted molar refractivity (Wildman–Crippen MR) is 94.3 cm³/mol.